The molecule has 0 spiro atoms. The van der Waals surface area contributed by atoms with E-state index in [0.717, 1.165) is 93.4 Å². The highest BCUT2D eigenvalue weighted by atomic mass is 32.1. The molecule has 0 saturated carbocycles. The zero-order chi connectivity index (χ0) is 82.6. The first kappa shape index (κ1) is 94.6. The maximum absolute atomic E-state index is 14.2. The molecule has 18 N–H and O–H groups in total. The number of unbranched alkanes of at least 4 members (excludes halogenated alkanes) is 13. The lowest BCUT2D eigenvalue weighted by atomic mass is 9.82. The van der Waals surface area contributed by atoms with Crippen LogP contribution in [0.2, 0.25) is 0 Å². The van der Waals surface area contributed by atoms with Gasteiger partial charge in [0.2, 0.25) is 58.5 Å². The van der Waals surface area contributed by atoms with E-state index in [-0.39, 0.29) is 98.7 Å². The summed E-state index contributed by atoms with van der Waals surface area (Å²) in [5.74, 6) is -8.96. The van der Waals surface area contributed by atoms with Gasteiger partial charge in [-0.25, -0.2) is 13.2 Å². The molecule has 5 rings (SSSR count). The number of thiocarbonyl (C=S) groups is 3. The zero-order valence-electron chi connectivity index (χ0n) is 64.7. The topological polar surface area (TPSA) is 395 Å². The van der Waals surface area contributed by atoms with Crippen molar-refractivity contribution in [3.8, 4) is 23.0 Å². The van der Waals surface area contributed by atoms with Crippen LogP contribution in [0.25, 0.3) is 0 Å². The number of esters is 1. The van der Waals surface area contributed by atoms with Crippen molar-refractivity contribution >= 4 is 111 Å². The van der Waals surface area contributed by atoms with Crippen molar-refractivity contribution in [1.29, 1.82) is 0 Å². The van der Waals surface area contributed by atoms with E-state index in [4.69, 9.17) is 48.2 Å². The molecule has 35 heteroatoms. The Kier molecular flexibility index (Phi) is 46.0. The van der Waals surface area contributed by atoms with Crippen molar-refractivity contribution in [2.45, 2.75) is 211 Å². The molecule has 0 aliphatic rings. The number of allylic oxidation sites excluding steroid dienone is 1. The van der Waals surface area contributed by atoms with Gasteiger partial charge in [-0.3, -0.25) is 33.6 Å². The molecule has 1 unspecified atom stereocenters. The maximum Gasteiger partial charge on any atom is 0.311 e. The minimum absolute atomic E-state index is 0.00991. The lowest BCUT2D eigenvalue weighted by Crippen LogP contribution is -2.50. The molecule has 0 aliphatic carbocycles. The zero-order valence-corrected chi connectivity index (χ0v) is 67.2. The number of aryl methyl sites for hydroxylation is 2. The molecule has 27 nitrogen and oxygen atoms in total. The summed E-state index contributed by atoms with van der Waals surface area (Å²) in [4.78, 5) is 72.1. The van der Waals surface area contributed by atoms with Crippen molar-refractivity contribution in [2.75, 3.05) is 68.3 Å². The van der Waals surface area contributed by atoms with E-state index in [1.807, 2.05) is 6.20 Å². The van der Waals surface area contributed by atoms with Crippen LogP contribution in [0.5, 0.6) is 23.0 Å². The number of carbonyl (C=O) groups is 5. The largest absolute Gasteiger partial charge is 0.508 e. The lowest BCUT2D eigenvalue weighted by molar-refractivity contribution is -0.135. The van der Waals surface area contributed by atoms with Crippen LogP contribution in [0.1, 0.15) is 198 Å². The molecule has 1 aromatic heterocycles. The number of ether oxygens (including phenoxy) is 1. The number of nitrogens with zero attached hydrogens (tertiary/aromatic N) is 5. The normalized spacial score (nSPS) is 12.0. The monoisotopic (exact) mass is 1650 g/mol. The smallest absolute Gasteiger partial charge is 0.311 e. The van der Waals surface area contributed by atoms with Gasteiger partial charge < -0.3 is 90.1 Å². The first-order valence-corrected chi connectivity index (χ1v) is 40.4. The summed E-state index contributed by atoms with van der Waals surface area (Å²) in [5, 5.41) is 76.7. The van der Waals surface area contributed by atoms with E-state index in [1.54, 1.807) is 89.9 Å². The summed E-state index contributed by atoms with van der Waals surface area (Å²) in [6.07, 6.45) is 21.4. The number of benzene rings is 4. The Morgan fingerprint density at radius 3 is 1.37 bits per heavy atom. The fourth-order valence-electron chi connectivity index (χ4n) is 11.7. The van der Waals surface area contributed by atoms with Crippen LogP contribution >= 0.6 is 36.7 Å². The van der Waals surface area contributed by atoms with Crippen LogP contribution in [0.3, 0.4) is 0 Å². The Hall–Kier alpha value is -10.0. The van der Waals surface area contributed by atoms with E-state index in [9.17, 15) is 61.2 Å². The quantitative estimate of drug-likeness (QED) is 0.00147. The molecule has 5 aromatic rings. The predicted molar refractivity (Wildman–Crippen MR) is 446 cm³/mol. The number of aromatic hydroxyl groups is 3. The van der Waals surface area contributed by atoms with Crippen LogP contribution in [0.4, 0.5) is 39.0 Å². The number of nitrogens with two attached hydrogens (primary N) is 2. The standard InChI is InChI=1S/C79H113F5N18O9S3/c80-70-71(81)73(83)75(74(84)72(70)82)111-69(110)25-8-6-4-2-1-3-5-7-24-68(109)98-79(41-38-65(106)89-46-17-15-44-87-53-56(85)21-9-12-49-92-76(112)95-57-26-32-62(103)33-27-57,42-39-66(107)90-47-18-16-45-88-54-60(99-86)22-10-13-50-93-77(113)96-58-28-34-63(104)35-29-58)43-40-67(108)91-48-19-20-52-102-55-61(100-101-102)23-11-14-51-94-78(114)97-59-30-36-64(105)37-31-59/h26-37,53-55,87,103-105H,1-25,38-52,85-86H2,(H,89,106)(H,90,107)(H,91,108)(H,98,109)(H2,92,95,112)(H2,93,96,113)(H2,94,97,114)/b56-53-,88-54?,99-60?. The van der Waals surface area contributed by atoms with Crippen molar-refractivity contribution in [1.82, 2.24) is 57.5 Å². The predicted octanol–water partition coefficient (Wildman–Crippen LogP) is 11.9. The molecule has 114 heavy (non-hydrogen) atoms. The molecule has 4 aromatic carbocycles. The van der Waals surface area contributed by atoms with Gasteiger partial charge in [0.25, 0.3) is 0 Å². The molecule has 4 amide bonds. The fraction of sp³-hybridized carbons (Fsp3) is 0.519. The third-order valence-electron chi connectivity index (χ3n) is 18.2. The number of phenols is 3. The number of aliphatic imine (C=N–C) groups is 1. The number of anilines is 3. The second-order valence-corrected chi connectivity index (χ2v) is 28.9. The second-order valence-electron chi connectivity index (χ2n) is 27.7. The molecule has 0 saturated heterocycles. The van der Waals surface area contributed by atoms with Crippen molar-refractivity contribution in [3.63, 3.8) is 0 Å². The number of hydrogen-bond acceptors (Lipinski definition) is 19. The van der Waals surface area contributed by atoms with Crippen molar-refractivity contribution in [3.05, 3.63) is 126 Å². The van der Waals surface area contributed by atoms with Gasteiger partial charge in [0.15, 0.2) is 15.3 Å². The van der Waals surface area contributed by atoms with Gasteiger partial charge in [-0.15, -0.1) is 5.10 Å². The Balaban J connectivity index is 1.12. The number of carbonyl (C=O) groups excluding carboxylic acids is 5. The van der Waals surface area contributed by atoms with Gasteiger partial charge in [-0.05, 0) is 238 Å². The van der Waals surface area contributed by atoms with E-state index in [2.05, 4.69) is 83.6 Å². The summed E-state index contributed by atoms with van der Waals surface area (Å²) in [7, 11) is 0. The molecule has 0 fully saturated rings. The Labute approximate surface area is 680 Å². The Bertz CT molecular complexity index is 3840. The molecule has 0 radical (unpaired) electrons. The summed E-state index contributed by atoms with van der Waals surface area (Å²) >= 11 is 16.1. The van der Waals surface area contributed by atoms with Gasteiger partial charge in [0, 0.05) is 138 Å². The fourth-order valence-corrected chi connectivity index (χ4v) is 12.4. The lowest BCUT2D eigenvalue weighted by Gasteiger charge is -2.35. The SMILES string of the molecule is NN=C(C=NCCCCNC(=O)CCC(CCC(=O)NCCCCN/C=C(\N)CCCCNC(=S)Nc1ccc(O)cc1)(CCC(=O)NCCCCn1cc(CCCCNC(=S)Nc2ccc(O)cc2)nn1)NC(=O)CCCCCCCCCCC(=O)Oc1c(F)c(F)c(F)c(F)c1F)CCCCNC(=S)Nc1ccc(O)cc1. The first-order valence-electron chi connectivity index (χ1n) is 39.2. The first-order chi connectivity index (χ1) is 55.0. The number of hydrazone groups is 1. The van der Waals surface area contributed by atoms with Gasteiger partial charge in [0.05, 0.1) is 11.4 Å². The van der Waals surface area contributed by atoms with E-state index < -0.39 is 46.3 Å². The average molecular weight is 1650 g/mol. The van der Waals surface area contributed by atoms with E-state index >= 15 is 0 Å². The molecular weight excluding hydrogens is 1540 g/mol. The van der Waals surface area contributed by atoms with Gasteiger partial charge in [-0.2, -0.15) is 13.9 Å². The van der Waals surface area contributed by atoms with Crippen LogP contribution < -0.4 is 74.8 Å². The number of halogens is 5. The molecule has 626 valence electrons. The molecular formula is C79H113F5N18O9S3. The molecule has 0 aliphatic heterocycles. The van der Waals surface area contributed by atoms with Gasteiger partial charge in [-0.1, -0.05) is 43.7 Å². The van der Waals surface area contributed by atoms with Gasteiger partial charge in [0.1, 0.15) is 17.2 Å². The number of aromatic nitrogens is 3. The number of nitrogens with one attached hydrogen (secondary N) is 11. The minimum Gasteiger partial charge on any atom is -0.508 e. The average Bonchev–Trinajstić information content (AvgIpc) is 0.910. The van der Waals surface area contributed by atoms with E-state index in [1.165, 1.54) is 0 Å². The highest BCUT2D eigenvalue weighted by molar-refractivity contribution is 7.80. The highest BCUT2D eigenvalue weighted by Gasteiger charge is 2.34. The Morgan fingerprint density at radius 2 is 0.877 bits per heavy atom. The number of hydrogen-bond donors (Lipinski definition) is 16. The third kappa shape index (κ3) is 41.1. The summed E-state index contributed by atoms with van der Waals surface area (Å²) in [6, 6.07) is 19.8. The molecule has 1 atom stereocenters. The van der Waals surface area contributed by atoms with E-state index in [0.29, 0.717) is 156 Å². The third-order valence-corrected chi connectivity index (χ3v) is 18.9. The van der Waals surface area contributed by atoms with Crippen LogP contribution in [0.15, 0.2) is 101 Å². The Morgan fingerprint density at radius 1 is 0.474 bits per heavy atom. The summed E-state index contributed by atoms with van der Waals surface area (Å²) < 4.78 is 75.1. The molecule has 1 heterocycles. The number of rotatable bonds is 57. The number of phenolic OH excluding ortho intramolecular Hbond substituents is 3. The van der Waals surface area contributed by atoms with Crippen LogP contribution in [-0.2, 0) is 36.9 Å². The minimum atomic E-state index is -2.36. The second kappa shape index (κ2) is 55.4. The highest BCUT2D eigenvalue weighted by Crippen LogP contribution is 2.31. The van der Waals surface area contributed by atoms with Crippen molar-refractivity contribution in [2.24, 2.45) is 21.7 Å². The summed E-state index contributed by atoms with van der Waals surface area (Å²) in [5.41, 5.74) is 9.59. The van der Waals surface area contributed by atoms with Crippen LogP contribution in [-0.4, -0.2) is 145 Å². The molecule has 0 bridgehead atoms. The summed E-state index contributed by atoms with van der Waals surface area (Å²) in [6.45, 7) is 4.70. The van der Waals surface area contributed by atoms with Crippen LogP contribution in [0, 0.1) is 29.1 Å². The number of amides is 4. The van der Waals surface area contributed by atoms with Crippen molar-refractivity contribution < 1.29 is 66.0 Å². The maximum atomic E-state index is 14.2. The van der Waals surface area contributed by atoms with Gasteiger partial charge >= 0.3 is 5.97 Å².